The molecule has 1 aliphatic carbocycles. The molecule has 1 fully saturated rings. The van der Waals surface area contributed by atoms with Gasteiger partial charge in [0.2, 0.25) is 0 Å². The molecule has 0 heterocycles. The molecule has 0 amide bonds. The second-order valence-electron chi connectivity index (χ2n) is 6.53. The van der Waals surface area contributed by atoms with Gasteiger partial charge in [0.1, 0.15) is 0 Å². The number of nitrogens with one attached hydrogen (secondary N) is 1. The van der Waals surface area contributed by atoms with Crippen LogP contribution in [-0.4, -0.2) is 13.1 Å². The third-order valence-electron chi connectivity index (χ3n) is 3.83. The first-order valence-corrected chi connectivity index (χ1v) is 7.28. The largest absolute Gasteiger partial charge is 0.316 e. The minimum atomic E-state index is 0.780. The van der Waals surface area contributed by atoms with E-state index in [1.165, 1.54) is 45.2 Å². The summed E-state index contributed by atoms with van der Waals surface area (Å²) in [5, 5.41) is 3.59. The van der Waals surface area contributed by atoms with E-state index in [0.29, 0.717) is 0 Å². The summed E-state index contributed by atoms with van der Waals surface area (Å²) in [5.41, 5.74) is 0. The summed E-state index contributed by atoms with van der Waals surface area (Å²) < 4.78 is 0. The van der Waals surface area contributed by atoms with Crippen molar-refractivity contribution in [1.29, 1.82) is 0 Å². The molecular weight excluding hydrogens is 194 g/mol. The van der Waals surface area contributed by atoms with Gasteiger partial charge in [-0.1, -0.05) is 47.0 Å². The van der Waals surface area contributed by atoms with E-state index in [0.717, 1.165) is 23.7 Å². The Balaban J connectivity index is 2.10. The van der Waals surface area contributed by atoms with Gasteiger partial charge in [-0.25, -0.2) is 0 Å². The summed E-state index contributed by atoms with van der Waals surface area (Å²) in [6.07, 6.45) is 7.34. The molecule has 0 aliphatic heterocycles. The van der Waals surface area contributed by atoms with Crippen molar-refractivity contribution in [2.45, 2.75) is 59.8 Å². The highest BCUT2D eigenvalue weighted by molar-refractivity contribution is 4.73. The molecule has 0 saturated heterocycles. The van der Waals surface area contributed by atoms with E-state index in [9.17, 15) is 0 Å². The van der Waals surface area contributed by atoms with Crippen molar-refractivity contribution < 1.29 is 0 Å². The van der Waals surface area contributed by atoms with Gasteiger partial charge in [0.05, 0.1) is 0 Å². The molecule has 96 valence electrons. The Bertz CT molecular complexity index is 176. The molecule has 1 heteroatoms. The smallest absolute Gasteiger partial charge is 0.00229 e. The van der Waals surface area contributed by atoms with Crippen molar-refractivity contribution >= 4 is 0 Å². The monoisotopic (exact) mass is 225 g/mol. The molecule has 3 atom stereocenters. The van der Waals surface area contributed by atoms with Crippen LogP contribution in [0.5, 0.6) is 0 Å². The normalized spacial score (nSPS) is 28.3. The summed E-state index contributed by atoms with van der Waals surface area (Å²) in [6.45, 7) is 11.8. The van der Waals surface area contributed by atoms with Gasteiger partial charge >= 0.3 is 0 Å². The third kappa shape index (κ3) is 5.89. The van der Waals surface area contributed by atoms with Gasteiger partial charge in [0, 0.05) is 0 Å². The Hall–Kier alpha value is -0.0400. The minimum absolute atomic E-state index is 0.780. The fraction of sp³-hybridized carbons (Fsp3) is 1.00. The molecule has 1 aliphatic rings. The summed E-state index contributed by atoms with van der Waals surface area (Å²) in [7, 11) is 0. The SMILES string of the molecule is CC(C)CNCC(C)CC1CCCC(C)C1. The van der Waals surface area contributed by atoms with Crippen LogP contribution >= 0.6 is 0 Å². The highest BCUT2D eigenvalue weighted by atomic mass is 14.9. The van der Waals surface area contributed by atoms with E-state index in [2.05, 4.69) is 33.0 Å². The molecule has 1 rings (SSSR count). The quantitative estimate of drug-likeness (QED) is 0.718. The molecule has 0 aromatic carbocycles. The van der Waals surface area contributed by atoms with Gasteiger partial charge in [-0.05, 0) is 49.6 Å². The van der Waals surface area contributed by atoms with Gasteiger partial charge in [0.25, 0.3) is 0 Å². The second kappa shape index (κ2) is 7.32. The molecule has 0 bridgehead atoms. The van der Waals surface area contributed by atoms with Gasteiger partial charge < -0.3 is 5.32 Å². The van der Waals surface area contributed by atoms with Crippen molar-refractivity contribution in [2.24, 2.45) is 23.7 Å². The average Bonchev–Trinajstić information content (AvgIpc) is 2.16. The zero-order valence-electron chi connectivity index (χ0n) is 11.8. The second-order valence-corrected chi connectivity index (χ2v) is 6.53. The van der Waals surface area contributed by atoms with Gasteiger partial charge in [-0.2, -0.15) is 0 Å². The van der Waals surface area contributed by atoms with Crippen molar-refractivity contribution in [3.05, 3.63) is 0 Å². The average molecular weight is 225 g/mol. The lowest BCUT2D eigenvalue weighted by molar-refractivity contribution is 0.240. The van der Waals surface area contributed by atoms with Gasteiger partial charge in [-0.3, -0.25) is 0 Å². The lowest BCUT2D eigenvalue weighted by Gasteiger charge is -2.29. The predicted octanol–water partition coefficient (Wildman–Crippen LogP) is 4.08. The summed E-state index contributed by atoms with van der Waals surface area (Å²) >= 11 is 0. The molecule has 1 N–H and O–H groups in total. The predicted molar refractivity (Wildman–Crippen MR) is 72.6 cm³/mol. The van der Waals surface area contributed by atoms with E-state index in [1.807, 2.05) is 0 Å². The third-order valence-corrected chi connectivity index (χ3v) is 3.83. The van der Waals surface area contributed by atoms with Gasteiger partial charge in [0.15, 0.2) is 0 Å². The first-order valence-electron chi connectivity index (χ1n) is 7.28. The molecule has 1 nitrogen and oxygen atoms in total. The Morgan fingerprint density at radius 3 is 2.50 bits per heavy atom. The first-order chi connectivity index (χ1) is 7.58. The van der Waals surface area contributed by atoms with Crippen molar-refractivity contribution in [1.82, 2.24) is 5.32 Å². The molecule has 16 heavy (non-hydrogen) atoms. The fourth-order valence-corrected chi connectivity index (χ4v) is 3.04. The van der Waals surface area contributed by atoms with E-state index in [-0.39, 0.29) is 0 Å². The maximum atomic E-state index is 3.59. The summed E-state index contributed by atoms with van der Waals surface area (Å²) in [6, 6.07) is 0. The van der Waals surface area contributed by atoms with E-state index in [4.69, 9.17) is 0 Å². The minimum Gasteiger partial charge on any atom is -0.316 e. The van der Waals surface area contributed by atoms with Crippen LogP contribution < -0.4 is 5.32 Å². The van der Waals surface area contributed by atoms with Crippen LogP contribution in [0.1, 0.15) is 59.8 Å². The zero-order chi connectivity index (χ0) is 12.0. The highest BCUT2D eigenvalue weighted by Gasteiger charge is 2.20. The topological polar surface area (TPSA) is 12.0 Å². The molecule has 0 spiro atoms. The van der Waals surface area contributed by atoms with E-state index >= 15 is 0 Å². The van der Waals surface area contributed by atoms with Crippen LogP contribution in [0.4, 0.5) is 0 Å². The Labute approximate surface area is 102 Å². The van der Waals surface area contributed by atoms with Crippen LogP contribution in [0.25, 0.3) is 0 Å². The van der Waals surface area contributed by atoms with Crippen molar-refractivity contribution in [3.63, 3.8) is 0 Å². The summed E-state index contributed by atoms with van der Waals surface area (Å²) in [4.78, 5) is 0. The van der Waals surface area contributed by atoms with Crippen LogP contribution in [-0.2, 0) is 0 Å². The molecule has 0 radical (unpaired) electrons. The lowest BCUT2D eigenvalue weighted by atomic mass is 9.78. The molecule has 0 aromatic heterocycles. The zero-order valence-corrected chi connectivity index (χ0v) is 11.8. The fourth-order valence-electron chi connectivity index (χ4n) is 3.04. The molecular formula is C15H31N. The van der Waals surface area contributed by atoms with Crippen LogP contribution in [0.2, 0.25) is 0 Å². The Kier molecular flexibility index (Phi) is 6.41. The Morgan fingerprint density at radius 1 is 1.12 bits per heavy atom. The Morgan fingerprint density at radius 2 is 1.88 bits per heavy atom. The van der Waals surface area contributed by atoms with Gasteiger partial charge in [-0.15, -0.1) is 0 Å². The van der Waals surface area contributed by atoms with Crippen LogP contribution in [0.3, 0.4) is 0 Å². The first kappa shape index (κ1) is 14.0. The number of hydrogen-bond acceptors (Lipinski definition) is 1. The number of hydrogen-bond donors (Lipinski definition) is 1. The van der Waals surface area contributed by atoms with Crippen molar-refractivity contribution in [2.75, 3.05) is 13.1 Å². The summed E-state index contributed by atoms with van der Waals surface area (Å²) in [5.74, 6) is 3.63. The van der Waals surface area contributed by atoms with Crippen LogP contribution in [0, 0.1) is 23.7 Å². The maximum Gasteiger partial charge on any atom is -0.00229 e. The molecule has 1 saturated carbocycles. The lowest BCUT2D eigenvalue weighted by Crippen LogP contribution is -2.27. The van der Waals surface area contributed by atoms with Crippen molar-refractivity contribution in [3.8, 4) is 0 Å². The number of rotatable bonds is 6. The maximum absolute atomic E-state index is 3.59. The van der Waals surface area contributed by atoms with Crippen LogP contribution in [0.15, 0.2) is 0 Å². The standard InChI is InChI=1S/C15H31N/c1-12(2)10-16-11-14(4)9-15-7-5-6-13(3)8-15/h12-16H,5-11H2,1-4H3. The van der Waals surface area contributed by atoms with E-state index in [1.54, 1.807) is 0 Å². The highest BCUT2D eigenvalue weighted by Crippen LogP contribution is 2.32. The van der Waals surface area contributed by atoms with E-state index < -0.39 is 0 Å². The molecule has 3 unspecified atom stereocenters. The molecule has 0 aromatic rings.